The molecule has 0 radical (unpaired) electrons. The van der Waals surface area contributed by atoms with E-state index in [-0.39, 0.29) is 12.5 Å². The number of benzene rings is 1. The summed E-state index contributed by atoms with van der Waals surface area (Å²) in [6.07, 6.45) is 2.19. The fourth-order valence-corrected chi connectivity index (χ4v) is 1.78. The fraction of sp³-hybridized carbons (Fsp3) is 0.0909. The molecule has 3 rings (SSSR count). The van der Waals surface area contributed by atoms with E-state index in [1.54, 1.807) is 18.3 Å². The maximum Gasteiger partial charge on any atom is 0.231 e. The predicted molar refractivity (Wildman–Crippen MR) is 60.1 cm³/mol. The van der Waals surface area contributed by atoms with Crippen LogP contribution < -0.4 is 9.47 Å². The summed E-state index contributed by atoms with van der Waals surface area (Å²) in [5.41, 5.74) is 0.966. The normalized spacial score (nSPS) is 12.8. The molecule has 2 aromatic rings. The summed E-state index contributed by atoms with van der Waals surface area (Å²) in [5.74, 6) is 1.35. The molecule has 0 bridgehead atoms. The first-order valence-corrected chi connectivity index (χ1v) is 5.26. The molecule has 1 aromatic carbocycles. The summed E-state index contributed by atoms with van der Waals surface area (Å²) in [6.45, 7) is 0.220. The number of aldehydes is 1. The zero-order chi connectivity index (χ0) is 11.8. The Hall–Kier alpha value is -2.01. The number of nitrogens with zero attached hydrogens (tertiary/aromatic N) is 2. The summed E-state index contributed by atoms with van der Waals surface area (Å²) in [7, 11) is 0. The molecule has 0 aliphatic carbocycles. The number of fused-ring (bicyclic) bond motifs is 1. The molecule has 0 fully saturated rings. The standard InChI is InChI=1S/C11H7ClN2O3/c12-8-4-14(13-9(8)5-15)7-1-2-10-11(3-7)17-6-16-10/h1-5H,6H2. The molecule has 86 valence electrons. The third-order valence-corrected chi connectivity index (χ3v) is 2.72. The number of carbonyl (C=O) groups excluding carboxylic acids is 1. The van der Waals surface area contributed by atoms with Gasteiger partial charge in [-0.05, 0) is 12.1 Å². The molecule has 0 atom stereocenters. The lowest BCUT2D eigenvalue weighted by molar-refractivity contribution is 0.111. The van der Waals surface area contributed by atoms with Crippen molar-refractivity contribution in [2.45, 2.75) is 0 Å². The van der Waals surface area contributed by atoms with E-state index in [1.165, 1.54) is 4.68 Å². The Balaban J connectivity index is 2.06. The van der Waals surface area contributed by atoms with Crippen LogP contribution in [-0.4, -0.2) is 22.9 Å². The molecular weight excluding hydrogens is 244 g/mol. The molecule has 5 nitrogen and oxygen atoms in total. The number of rotatable bonds is 2. The average Bonchev–Trinajstić information content (AvgIpc) is 2.93. The quantitative estimate of drug-likeness (QED) is 0.766. The lowest BCUT2D eigenvalue weighted by Gasteiger charge is -2.02. The zero-order valence-electron chi connectivity index (χ0n) is 8.59. The Morgan fingerprint density at radius 2 is 2.18 bits per heavy atom. The molecule has 0 N–H and O–H groups in total. The van der Waals surface area contributed by atoms with Crippen LogP contribution in [0.4, 0.5) is 0 Å². The summed E-state index contributed by atoms with van der Waals surface area (Å²) in [5, 5.41) is 4.36. The second kappa shape index (κ2) is 3.78. The second-order valence-electron chi connectivity index (χ2n) is 3.46. The van der Waals surface area contributed by atoms with Crippen molar-refractivity contribution in [1.29, 1.82) is 0 Å². The van der Waals surface area contributed by atoms with E-state index in [2.05, 4.69) is 5.10 Å². The van der Waals surface area contributed by atoms with E-state index in [1.807, 2.05) is 6.07 Å². The molecule has 0 spiro atoms. The van der Waals surface area contributed by atoms with E-state index in [0.29, 0.717) is 22.8 Å². The number of halogens is 1. The van der Waals surface area contributed by atoms with Gasteiger partial charge >= 0.3 is 0 Å². The highest BCUT2D eigenvalue weighted by Crippen LogP contribution is 2.33. The number of ether oxygens (including phenoxy) is 2. The third-order valence-electron chi connectivity index (χ3n) is 2.43. The Labute approximate surface area is 102 Å². The van der Waals surface area contributed by atoms with Crippen LogP contribution in [0, 0.1) is 0 Å². The van der Waals surface area contributed by atoms with Gasteiger partial charge in [-0.15, -0.1) is 0 Å². The zero-order valence-corrected chi connectivity index (χ0v) is 9.35. The van der Waals surface area contributed by atoms with Gasteiger partial charge in [0.1, 0.15) is 5.69 Å². The minimum absolute atomic E-state index is 0.212. The molecule has 1 aliphatic heterocycles. The predicted octanol–water partition coefficient (Wildman–Crippen LogP) is 2.07. The topological polar surface area (TPSA) is 53.4 Å². The van der Waals surface area contributed by atoms with Gasteiger partial charge in [0.15, 0.2) is 17.8 Å². The average molecular weight is 251 g/mol. The first kappa shape index (κ1) is 10.2. The highest BCUT2D eigenvalue weighted by molar-refractivity contribution is 6.32. The lowest BCUT2D eigenvalue weighted by atomic mass is 10.3. The van der Waals surface area contributed by atoms with Crippen molar-refractivity contribution in [3.05, 3.63) is 35.1 Å². The van der Waals surface area contributed by atoms with E-state index in [9.17, 15) is 4.79 Å². The van der Waals surface area contributed by atoms with Gasteiger partial charge < -0.3 is 9.47 Å². The van der Waals surface area contributed by atoms with Crippen molar-refractivity contribution in [3.63, 3.8) is 0 Å². The molecule has 0 amide bonds. The van der Waals surface area contributed by atoms with Gasteiger partial charge in [-0.25, -0.2) is 4.68 Å². The summed E-state index contributed by atoms with van der Waals surface area (Å²) >= 11 is 5.84. The van der Waals surface area contributed by atoms with Crippen LogP contribution in [0.2, 0.25) is 5.02 Å². The molecule has 0 saturated carbocycles. The maximum atomic E-state index is 10.7. The lowest BCUT2D eigenvalue weighted by Crippen LogP contribution is -1.95. The van der Waals surface area contributed by atoms with Crippen molar-refractivity contribution < 1.29 is 14.3 Å². The van der Waals surface area contributed by atoms with Gasteiger partial charge in [0, 0.05) is 6.07 Å². The van der Waals surface area contributed by atoms with Gasteiger partial charge in [-0.3, -0.25) is 4.79 Å². The van der Waals surface area contributed by atoms with Gasteiger partial charge in [0.25, 0.3) is 0 Å². The molecule has 0 unspecified atom stereocenters. The van der Waals surface area contributed by atoms with Crippen LogP contribution in [0.5, 0.6) is 11.5 Å². The minimum Gasteiger partial charge on any atom is -0.454 e. The largest absolute Gasteiger partial charge is 0.454 e. The highest BCUT2D eigenvalue weighted by Gasteiger charge is 2.15. The van der Waals surface area contributed by atoms with Crippen molar-refractivity contribution in [3.8, 4) is 17.2 Å². The van der Waals surface area contributed by atoms with Gasteiger partial charge in [0.2, 0.25) is 6.79 Å². The van der Waals surface area contributed by atoms with Crippen molar-refractivity contribution in [1.82, 2.24) is 9.78 Å². The van der Waals surface area contributed by atoms with Crippen LogP contribution in [0.25, 0.3) is 5.69 Å². The molecule has 1 aliphatic rings. The first-order chi connectivity index (χ1) is 8.28. The van der Waals surface area contributed by atoms with E-state index < -0.39 is 0 Å². The fourth-order valence-electron chi connectivity index (χ4n) is 1.61. The molecule has 1 aromatic heterocycles. The first-order valence-electron chi connectivity index (χ1n) is 4.88. The summed E-state index contributed by atoms with van der Waals surface area (Å²) in [6, 6.07) is 5.37. The maximum absolute atomic E-state index is 10.7. The number of carbonyl (C=O) groups is 1. The van der Waals surface area contributed by atoms with Crippen LogP contribution in [-0.2, 0) is 0 Å². The van der Waals surface area contributed by atoms with Crippen LogP contribution >= 0.6 is 11.6 Å². The van der Waals surface area contributed by atoms with E-state index in [0.717, 1.165) is 5.69 Å². The van der Waals surface area contributed by atoms with Gasteiger partial charge in [-0.1, -0.05) is 11.6 Å². The molecule has 2 heterocycles. The Kier molecular flexibility index (Phi) is 2.26. The van der Waals surface area contributed by atoms with E-state index in [4.69, 9.17) is 21.1 Å². The summed E-state index contributed by atoms with van der Waals surface area (Å²) < 4.78 is 12.0. The number of hydrogen-bond acceptors (Lipinski definition) is 4. The molecule has 6 heteroatoms. The SMILES string of the molecule is O=Cc1nn(-c2ccc3c(c2)OCO3)cc1Cl. The van der Waals surface area contributed by atoms with Gasteiger partial charge in [0.05, 0.1) is 16.9 Å². The number of hydrogen-bond donors (Lipinski definition) is 0. The highest BCUT2D eigenvalue weighted by atomic mass is 35.5. The van der Waals surface area contributed by atoms with Crippen LogP contribution in [0.1, 0.15) is 10.5 Å². The van der Waals surface area contributed by atoms with Crippen molar-refractivity contribution in [2.24, 2.45) is 0 Å². The van der Waals surface area contributed by atoms with Gasteiger partial charge in [-0.2, -0.15) is 5.10 Å². The molecular formula is C11H7ClN2O3. The third kappa shape index (κ3) is 1.64. The van der Waals surface area contributed by atoms with Crippen LogP contribution in [0.3, 0.4) is 0 Å². The Bertz CT molecular complexity index is 594. The van der Waals surface area contributed by atoms with Crippen LogP contribution in [0.15, 0.2) is 24.4 Å². The summed E-state index contributed by atoms with van der Waals surface area (Å²) in [4.78, 5) is 10.7. The van der Waals surface area contributed by atoms with Crippen molar-refractivity contribution >= 4 is 17.9 Å². The monoisotopic (exact) mass is 250 g/mol. The second-order valence-corrected chi connectivity index (χ2v) is 3.87. The smallest absolute Gasteiger partial charge is 0.231 e. The molecule has 0 saturated heterocycles. The van der Waals surface area contributed by atoms with Crippen molar-refractivity contribution in [2.75, 3.05) is 6.79 Å². The molecule has 17 heavy (non-hydrogen) atoms. The minimum atomic E-state index is 0.212. The Morgan fingerprint density at radius 1 is 1.35 bits per heavy atom. The number of aromatic nitrogens is 2. The van der Waals surface area contributed by atoms with E-state index >= 15 is 0 Å². The Morgan fingerprint density at radius 3 is 2.94 bits per heavy atom.